The van der Waals surface area contributed by atoms with Crippen molar-refractivity contribution >= 4 is 23.3 Å². The van der Waals surface area contributed by atoms with Crippen molar-refractivity contribution in [2.45, 2.75) is 13.0 Å². The molecule has 1 aromatic heterocycles. The largest absolute Gasteiger partial charge is 0.346 e. The van der Waals surface area contributed by atoms with Gasteiger partial charge in [0.1, 0.15) is 0 Å². The Labute approximate surface area is 111 Å². The van der Waals surface area contributed by atoms with Crippen LogP contribution < -0.4 is 5.32 Å². The van der Waals surface area contributed by atoms with Crippen LogP contribution in [0, 0.1) is 0 Å². The number of carbonyl (C=O) groups excluding carboxylic acids is 1. The number of nitrogens with one attached hydrogen (secondary N) is 1. The standard InChI is InChI=1S/C15H15NOS/c1-12(14-5-3-2-4-6-14)16-15(17)8-7-13-9-10-18-11-13/h2-12H,1H3,(H,16,17)/b8-7+/t12-/m1/s1. The predicted octanol–water partition coefficient (Wildman–Crippen LogP) is 3.64. The maximum absolute atomic E-state index is 11.7. The number of hydrogen-bond acceptors (Lipinski definition) is 2. The molecular weight excluding hydrogens is 242 g/mol. The molecule has 1 heterocycles. The van der Waals surface area contributed by atoms with E-state index in [1.807, 2.05) is 60.2 Å². The fourth-order valence-corrected chi connectivity index (χ4v) is 2.26. The van der Waals surface area contributed by atoms with E-state index >= 15 is 0 Å². The van der Waals surface area contributed by atoms with Crippen LogP contribution in [0.2, 0.25) is 0 Å². The van der Waals surface area contributed by atoms with Gasteiger partial charge in [0.05, 0.1) is 6.04 Å². The molecule has 0 spiro atoms. The first-order valence-corrected chi connectivity index (χ1v) is 6.76. The molecule has 1 atom stereocenters. The first-order chi connectivity index (χ1) is 8.75. The fraction of sp³-hybridized carbons (Fsp3) is 0.133. The highest BCUT2D eigenvalue weighted by Crippen LogP contribution is 2.11. The molecular formula is C15H15NOS. The molecule has 2 nitrogen and oxygen atoms in total. The fourth-order valence-electron chi connectivity index (χ4n) is 1.63. The van der Waals surface area contributed by atoms with Gasteiger partial charge in [0.25, 0.3) is 0 Å². The van der Waals surface area contributed by atoms with Crippen LogP contribution in [0.5, 0.6) is 0 Å². The molecule has 1 amide bonds. The van der Waals surface area contributed by atoms with Crippen molar-refractivity contribution in [2.24, 2.45) is 0 Å². The second kappa shape index (κ2) is 6.17. The molecule has 0 aliphatic heterocycles. The third-order valence-corrected chi connectivity index (χ3v) is 3.33. The summed E-state index contributed by atoms with van der Waals surface area (Å²) in [5, 5.41) is 6.93. The van der Waals surface area contributed by atoms with Crippen molar-refractivity contribution in [3.05, 3.63) is 64.4 Å². The lowest BCUT2D eigenvalue weighted by Gasteiger charge is -2.12. The van der Waals surface area contributed by atoms with Crippen LogP contribution in [-0.2, 0) is 4.79 Å². The van der Waals surface area contributed by atoms with Gasteiger partial charge in [-0.15, -0.1) is 0 Å². The Morgan fingerprint density at radius 3 is 2.72 bits per heavy atom. The van der Waals surface area contributed by atoms with Crippen LogP contribution in [0.1, 0.15) is 24.1 Å². The topological polar surface area (TPSA) is 29.1 Å². The highest BCUT2D eigenvalue weighted by Gasteiger charge is 2.06. The summed E-state index contributed by atoms with van der Waals surface area (Å²) in [5.74, 6) is -0.0717. The zero-order valence-corrected chi connectivity index (χ0v) is 11.0. The molecule has 0 fully saturated rings. The van der Waals surface area contributed by atoms with E-state index < -0.39 is 0 Å². The van der Waals surface area contributed by atoms with Crippen molar-refractivity contribution < 1.29 is 4.79 Å². The van der Waals surface area contributed by atoms with Gasteiger partial charge in [0, 0.05) is 6.08 Å². The average Bonchev–Trinajstić information content (AvgIpc) is 2.90. The average molecular weight is 257 g/mol. The lowest BCUT2D eigenvalue weighted by Crippen LogP contribution is -2.24. The maximum Gasteiger partial charge on any atom is 0.244 e. The third kappa shape index (κ3) is 3.57. The third-order valence-electron chi connectivity index (χ3n) is 2.63. The molecule has 0 aliphatic carbocycles. The molecule has 1 N–H and O–H groups in total. The molecule has 2 rings (SSSR count). The first kappa shape index (κ1) is 12.6. The summed E-state index contributed by atoms with van der Waals surface area (Å²) in [6, 6.07) is 11.9. The lowest BCUT2D eigenvalue weighted by atomic mass is 10.1. The summed E-state index contributed by atoms with van der Waals surface area (Å²) in [4.78, 5) is 11.7. The minimum Gasteiger partial charge on any atom is -0.346 e. The Kier molecular flexibility index (Phi) is 4.31. The summed E-state index contributed by atoms with van der Waals surface area (Å²) in [7, 11) is 0. The second-order valence-corrected chi connectivity index (χ2v) is 4.81. The molecule has 18 heavy (non-hydrogen) atoms. The summed E-state index contributed by atoms with van der Waals surface area (Å²) in [5.41, 5.74) is 2.16. The van der Waals surface area contributed by atoms with E-state index in [-0.39, 0.29) is 11.9 Å². The van der Waals surface area contributed by atoms with E-state index in [1.165, 1.54) is 0 Å². The minimum atomic E-state index is -0.0717. The maximum atomic E-state index is 11.7. The van der Waals surface area contributed by atoms with Gasteiger partial charge in [-0.25, -0.2) is 0 Å². The van der Waals surface area contributed by atoms with Crippen LogP contribution in [0.25, 0.3) is 6.08 Å². The summed E-state index contributed by atoms with van der Waals surface area (Å²) in [6.07, 6.45) is 3.39. The van der Waals surface area contributed by atoms with Gasteiger partial charge in [-0.1, -0.05) is 30.3 Å². The molecule has 0 saturated heterocycles. The van der Waals surface area contributed by atoms with Crippen LogP contribution in [0.3, 0.4) is 0 Å². The molecule has 0 bridgehead atoms. The number of rotatable bonds is 4. The van der Waals surface area contributed by atoms with Crippen LogP contribution >= 0.6 is 11.3 Å². The molecule has 0 unspecified atom stereocenters. The Bertz CT molecular complexity index is 517. The zero-order chi connectivity index (χ0) is 12.8. The highest BCUT2D eigenvalue weighted by molar-refractivity contribution is 7.08. The molecule has 92 valence electrons. The van der Waals surface area contributed by atoms with Crippen molar-refractivity contribution in [3.63, 3.8) is 0 Å². The number of hydrogen-bond donors (Lipinski definition) is 1. The normalized spacial score (nSPS) is 12.5. The van der Waals surface area contributed by atoms with Gasteiger partial charge in [-0.05, 0) is 41.0 Å². The molecule has 1 aromatic carbocycles. The Morgan fingerprint density at radius 2 is 2.06 bits per heavy atom. The predicted molar refractivity (Wildman–Crippen MR) is 76.4 cm³/mol. The summed E-state index contributed by atoms with van der Waals surface area (Å²) in [6.45, 7) is 1.98. The van der Waals surface area contributed by atoms with Gasteiger partial charge >= 0.3 is 0 Å². The monoisotopic (exact) mass is 257 g/mol. The van der Waals surface area contributed by atoms with E-state index in [1.54, 1.807) is 17.4 Å². The van der Waals surface area contributed by atoms with Crippen molar-refractivity contribution in [1.82, 2.24) is 5.32 Å². The SMILES string of the molecule is C[C@@H](NC(=O)/C=C/c1ccsc1)c1ccccc1. The number of amides is 1. The number of carbonyl (C=O) groups is 1. The minimum absolute atomic E-state index is 0.0193. The van der Waals surface area contributed by atoms with Crippen LogP contribution in [-0.4, -0.2) is 5.91 Å². The Morgan fingerprint density at radius 1 is 1.28 bits per heavy atom. The quantitative estimate of drug-likeness (QED) is 0.832. The van der Waals surface area contributed by atoms with Gasteiger partial charge < -0.3 is 5.32 Å². The highest BCUT2D eigenvalue weighted by atomic mass is 32.1. The lowest BCUT2D eigenvalue weighted by molar-refractivity contribution is -0.117. The molecule has 3 heteroatoms. The summed E-state index contributed by atoms with van der Waals surface area (Å²) < 4.78 is 0. The smallest absolute Gasteiger partial charge is 0.244 e. The van der Waals surface area contributed by atoms with E-state index in [2.05, 4.69) is 5.32 Å². The second-order valence-electron chi connectivity index (χ2n) is 4.03. The van der Waals surface area contributed by atoms with Gasteiger partial charge in [-0.3, -0.25) is 4.79 Å². The van der Waals surface area contributed by atoms with Crippen molar-refractivity contribution in [2.75, 3.05) is 0 Å². The van der Waals surface area contributed by atoms with Gasteiger partial charge in [-0.2, -0.15) is 11.3 Å². The Balaban J connectivity index is 1.92. The van der Waals surface area contributed by atoms with Crippen LogP contribution in [0.15, 0.2) is 53.2 Å². The molecule has 0 radical (unpaired) electrons. The van der Waals surface area contributed by atoms with Gasteiger partial charge in [0.15, 0.2) is 0 Å². The van der Waals surface area contributed by atoms with E-state index in [9.17, 15) is 4.79 Å². The van der Waals surface area contributed by atoms with E-state index in [0.717, 1.165) is 11.1 Å². The molecule has 0 saturated carbocycles. The number of thiophene rings is 1. The van der Waals surface area contributed by atoms with E-state index in [0.29, 0.717) is 0 Å². The molecule has 0 aliphatic rings. The van der Waals surface area contributed by atoms with Crippen molar-refractivity contribution in [1.29, 1.82) is 0 Å². The zero-order valence-electron chi connectivity index (χ0n) is 10.2. The first-order valence-electron chi connectivity index (χ1n) is 5.81. The van der Waals surface area contributed by atoms with Gasteiger partial charge in [0.2, 0.25) is 5.91 Å². The molecule has 2 aromatic rings. The number of benzene rings is 1. The summed E-state index contributed by atoms with van der Waals surface area (Å²) >= 11 is 1.62. The van der Waals surface area contributed by atoms with Crippen molar-refractivity contribution in [3.8, 4) is 0 Å². The van der Waals surface area contributed by atoms with Crippen LogP contribution in [0.4, 0.5) is 0 Å². The van der Waals surface area contributed by atoms with E-state index in [4.69, 9.17) is 0 Å². The Hall–Kier alpha value is -1.87.